The summed E-state index contributed by atoms with van der Waals surface area (Å²) in [6, 6.07) is 4.35. The van der Waals surface area contributed by atoms with Gasteiger partial charge in [0, 0.05) is 12.4 Å². The summed E-state index contributed by atoms with van der Waals surface area (Å²) in [5.41, 5.74) is 1.12. The van der Waals surface area contributed by atoms with E-state index < -0.39 is 10.0 Å². The van der Waals surface area contributed by atoms with E-state index in [4.69, 9.17) is 27.9 Å². The van der Waals surface area contributed by atoms with Crippen LogP contribution in [-0.4, -0.2) is 20.5 Å². The number of nitrogens with zero attached hydrogens (tertiary/aromatic N) is 1. The summed E-state index contributed by atoms with van der Waals surface area (Å²) in [5.74, 6) is 0.306. The van der Waals surface area contributed by atoms with Crippen molar-refractivity contribution in [3.05, 3.63) is 46.2 Å². The SMILES string of the molecule is COc1ccc(S(=O)(=O)Nc2ccncc2C)c(Cl)c1Cl. The summed E-state index contributed by atoms with van der Waals surface area (Å²) in [5, 5.41) is -0.0382. The number of rotatable bonds is 4. The van der Waals surface area contributed by atoms with Crippen LogP contribution in [0, 0.1) is 6.92 Å². The highest BCUT2D eigenvalue weighted by Crippen LogP contribution is 2.37. The Labute approximate surface area is 132 Å². The van der Waals surface area contributed by atoms with Crippen LogP contribution in [0.1, 0.15) is 5.56 Å². The lowest BCUT2D eigenvalue weighted by Crippen LogP contribution is -2.14. The number of hydrogen-bond acceptors (Lipinski definition) is 4. The molecule has 0 amide bonds. The molecule has 0 radical (unpaired) electrons. The monoisotopic (exact) mass is 346 g/mol. The molecule has 0 fully saturated rings. The molecule has 0 saturated carbocycles. The molecule has 0 aliphatic heterocycles. The lowest BCUT2D eigenvalue weighted by Gasteiger charge is -2.13. The van der Waals surface area contributed by atoms with E-state index in [1.54, 1.807) is 19.2 Å². The van der Waals surface area contributed by atoms with Crippen molar-refractivity contribution in [3.8, 4) is 5.75 Å². The first-order valence-electron chi connectivity index (χ1n) is 5.82. The standard InChI is InChI=1S/C13H12Cl2N2O3S/c1-8-7-16-6-5-9(8)17-21(18,19)11-4-3-10(20-2)12(14)13(11)15/h3-7H,1-2H3,(H,16,17). The Kier molecular flexibility index (Phi) is 4.61. The lowest BCUT2D eigenvalue weighted by atomic mass is 10.3. The number of nitrogens with one attached hydrogen (secondary N) is 1. The Hall–Kier alpha value is -1.50. The lowest BCUT2D eigenvalue weighted by molar-refractivity contribution is 0.414. The number of halogens is 2. The Morgan fingerprint density at radius 2 is 1.90 bits per heavy atom. The van der Waals surface area contributed by atoms with E-state index in [9.17, 15) is 8.42 Å². The first-order chi connectivity index (χ1) is 9.86. The van der Waals surface area contributed by atoms with Crippen molar-refractivity contribution in [2.75, 3.05) is 11.8 Å². The zero-order valence-corrected chi connectivity index (χ0v) is 13.6. The fourth-order valence-corrected chi connectivity index (χ4v) is 3.64. The number of aryl methyl sites for hydroxylation is 1. The van der Waals surface area contributed by atoms with Crippen LogP contribution in [0.3, 0.4) is 0 Å². The van der Waals surface area contributed by atoms with Crippen LogP contribution in [0.25, 0.3) is 0 Å². The minimum Gasteiger partial charge on any atom is -0.495 e. The fraction of sp³-hybridized carbons (Fsp3) is 0.154. The first-order valence-corrected chi connectivity index (χ1v) is 8.06. The van der Waals surface area contributed by atoms with E-state index in [0.29, 0.717) is 17.0 Å². The Morgan fingerprint density at radius 1 is 1.19 bits per heavy atom. The second-order valence-electron chi connectivity index (χ2n) is 4.19. The third kappa shape index (κ3) is 3.23. The number of pyridine rings is 1. The summed E-state index contributed by atoms with van der Waals surface area (Å²) >= 11 is 12.0. The van der Waals surface area contributed by atoms with Gasteiger partial charge in [-0.1, -0.05) is 23.2 Å². The maximum Gasteiger partial charge on any atom is 0.263 e. The summed E-state index contributed by atoms with van der Waals surface area (Å²) in [6.45, 7) is 1.74. The van der Waals surface area contributed by atoms with Gasteiger partial charge in [0.25, 0.3) is 10.0 Å². The van der Waals surface area contributed by atoms with Crippen LogP contribution in [-0.2, 0) is 10.0 Å². The summed E-state index contributed by atoms with van der Waals surface area (Å²) in [7, 11) is -2.44. The highest BCUT2D eigenvalue weighted by atomic mass is 35.5. The molecule has 2 rings (SSSR count). The molecule has 0 saturated heterocycles. The van der Waals surface area contributed by atoms with Gasteiger partial charge in [0.2, 0.25) is 0 Å². The van der Waals surface area contributed by atoms with Crippen LogP contribution in [0.15, 0.2) is 35.5 Å². The van der Waals surface area contributed by atoms with Crippen molar-refractivity contribution >= 4 is 38.9 Å². The molecule has 0 unspecified atom stereocenters. The number of ether oxygens (including phenoxy) is 1. The Morgan fingerprint density at radius 3 is 2.52 bits per heavy atom. The largest absolute Gasteiger partial charge is 0.495 e. The molecule has 21 heavy (non-hydrogen) atoms. The van der Waals surface area contributed by atoms with Crippen LogP contribution in [0.5, 0.6) is 5.75 Å². The molecule has 1 heterocycles. The highest BCUT2D eigenvalue weighted by molar-refractivity contribution is 7.92. The molecule has 112 valence electrons. The van der Waals surface area contributed by atoms with Gasteiger partial charge < -0.3 is 4.74 Å². The van der Waals surface area contributed by atoms with E-state index in [1.165, 1.54) is 25.4 Å². The molecular formula is C13H12Cl2N2O3S. The van der Waals surface area contributed by atoms with E-state index in [-0.39, 0.29) is 14.9 Å². The van der Waals surface area contributed by atoms with Gasteiger partial charge in [-0.2, -0.15) is 0 Å². The van der Waals surface area contributed by atoms with E-state index in [0.717, 1.165) is 0 Å². The average molecular weight is 347 g/mol. The maximum absolute atomic E-state index is 12.4. The van der Waals surface area contributed by atoms with Crippen LogP contribution < -0.4 is 9.46 Å². The number of anilines is 1. The number of benzene rings is 1. The van der Waals surface area contributed by atoms with Crippen LogP contribution in [0.2, 0.25) is 10.0 Å². The Bertz CT molecular complexity index is 779. The maximum atomic E-state index is 12.4. The number of methoxy groups -OCH3 is 1. The highest BCUT2D eigenvalue weighted by Gasteiger charge is 2.22. The number of sulfonamides is 1. The van der Waals surface area contributed by atoms with Crippen LogP contribution >= 0.6 is 23.2 Å². The molecule has 0 aliphatic carbocycles. The first kappa shape index (κ1) is 15.9. The smallest absolute Gasteiger partial charge is 0.263 e. The fourth-order valence-electron chi connectivity index (χ4n) is 1.67. The van der Waals surface area contributed by atoms with Crippen molar-refractivity contribution in [1.82, 2.24) is 4.98 Å². The van der Waals surface area contributed by atoms with Gasteiger partial charge in [0.05, 0.1) is 17.8 Å². The van der Waals surface area contributed by atoms with E-state index >= 15 is 0 Å². The topological polar surface area (TPSA) is 68.3 Å². The minimum absolute atomic E-state index is 0.0495. The molecule has 2 aromatic rings. The zero-order chi connectivity index (χ0) is 15.6. The summed E-state index contributed by atoms with van der Waals surface area (Å²) < 4.78 is 32.3. The molecule has 1 aromatic heterocycles. The van der Waals surface area contributed by atoms with E-state index in [1.807, 2.05) is 0 Å². The molecule has 0 spiro atoms. The summed E-state index contributed by atoms with van der Waals surface area (Å²) in [4.78, 5) is 3.78. The quantitative estimate of drug-likeness (QED) is 0.919. The molecule has 1 N–H and O–H groups in total. The van der Waals surface area contributed by atoms with E-state index in [2.05, 4.69) is 9.71 Å². The van der Waals surface area contributed by atoms with Gasteiger partial charge >= 0.3 is 0 Å². The number of aromatic nitrogens is 1. The van der Waals surface area contributed by atoms with Gasteiger partial charge in [-0.15, -0.1) is 0 Å². The van der Waals surface area contributed by atoms with Gasteiger partial charge in [0.1, 0.15) is 15.7 Å². The second kappa shape index (κ2) is 6.09. The normalized spacial score (nSPS) is 11.2. The second-order valence-corrected chi connectivity index (χ2v) is 6.60. The van der Waals surface area contributed by atoms with Crippen molar-refractivity contribution in [2.24, 2.45) is 0 Å². The molecule has 0 aliphatic rings. The molecule has 1 aromatic carbocycles. The molecule has 8 heteroatoms. The van der Waals surface area contributed by atoms with Crippen molar-refractivity contribution in [1.29, 1.82) is 0 Å². The zero-order valence-electron chi connectivity index (χ0n) is 11.2. The predicted molar refractivity (Wildman–Crippen MR) is 82.8 cm³/mol. The molecule has 0 atom stereocenters. The predicted octanol–water partition coefficient (Wildman–Crippen LogP) is 3.51. The Balaban J connectivity index is 2.46. The third-order valence-electron chi connectivity index (χ3n) is 2.79. The molecule has 5 nitrogen and oxygen atoms in total. The van der Waals surface area contributed by atoms with Crippen molar-refractivity contribution < 1.29 is 13.2 Å². The average Bonchev–Trinajstić information content (AvgIpc) is 2.44. The third-order valence-corrected chi connectivity index (χ3v) is 5.17. The minimum atomic E-state index is -3.86. The molecular weight excluding hydrogens is 335 g/mol. The van der Waals surface area contributed by atoms with Crippen LogP contribution in [0.4, 0.5) is 5.69 Å². The van der Waals surface area contributed by atoms with Crippen molar-refractivity contribution in [3.63, 3.8) is 0 Å². The van der Waals surface area contributed by atoms with Crippen molar-refractivity contribution in [2.45, 2.75) is 11.8 Å². The van der Waals surface area contributed by atoms with Gasteiger partial charge in [-0.25, -0.2) is 8.42 Å². The van der Waals surface area contributed by atoms with Gasteiger partial charge in [0.15, 0.2) is 0 Å². The van der Waals surface area contributed by atoms with Gasteiger partial charge in [-0.05, 0) is 30.7 Å². The molecule has 0 bridgehead atoms. The van der Waals surface area contributed by atoms with Gasteiger partial charge in [-0.3, -0.25) is 9.71 Å². The number of hydrogen-bond donors (Lipinski definition) is 1. The summed E-state index contributed by atoms with van der Waals surface area (Å²) in [6.07, 6.45) is 3.05.